The number of thioether (sulfide) groups is 2. The van der Waals surface area contributed by atoms with Crippen LogP contribution < -0.4 is 11.5 Å². The van der Waals surface area contributed by atoms with Gasteiger partial charge in [0.05, 0.1) is 0 Å². The molecule has 2 atom stereocenters. The van der Waals surface area contributed by atoms with Crippen LogP contribution in [0, 0.1) is 0 Å². The van der Waals surface area contributed by atoms with Crippen LogP contribution in [0.4, 0.5) is 0 Å². The van der Waals surface area contributed by atoms with Crippen LogP contribution in [0.1, 0.15) is 12.8 Å². The van der Waals surface area contributed by atoms with Crippen molar-refractivity contribution in [1.82, 2.24) is 0 Å². The summed E-state index contributed by atoms with van der Waals surface area (Å²) in [7, 11) is 0. The molecule has 118 valence electrons. The summed E-state index contributed by atoms with van der Waals surface area (Å²) >= 11 is 3.21. The fourth-order valence-electron chi connectivity index (χ4n) is 0.737. The molecule has 0 heterocycles. The maximum Gasteiger partial charge on any atom is 0.320 e. The second kappa shape index (κ2) is 16.3. The van der Waals surface area contributed by atoms with Crippen LogP contribution in [-0.2, 0) is 30.0 Å². The Bertz CT molecular complexity index is 224. The zero-order chi connectivity index (χ0) is 14.6. The zero-order valence-corrected chi connectivity index (χ0v) is 14.2. The van der Waals surface area contributed by atoms with E-state index in [2.05, 4.69) is 0 Å². The maximum absolute atomic E-state index is 10.1. The Morgan fingerprint density at radius 1 is 0.947 bits per heavy atom. The predicted molar refractivity (Wildman–Crippen MR) is 77.2 cm³/mol. The molecular formula is C10H22N2O4PdS2. The number of aliphatic carboxylic acids is 2. The molecule has 19 heavy (non-hydrogen) atoms. The zero-order valence-electron chi connectivity index (χ0n) is 11.0. The number of hydrogen-bond donors (Lipinski definition) is 4. The minimum absolute atomic E-state index is 0. The van der Waals surface area contributed by atoms with Crippen LogP contribution in [0.5, 0.6) is 0 Å². The minimum atomic E-state index is -0.913. The monoisotopic (exact) mass is 404 g/mol. The average Bonchev–Trinajstić information content (AvgIpc) is 2.33. The summed E-state index contributed by atoms with van der Waals surface area (Å²) in [5.74, 6) is -0.200. The minimum Gasteiger partial charge on any atom is -0.480 e. The van der Waals surface area contributed by atoms with E-state index in [1.54, 1.807) is 23.5 Å². The van der Waals surface area contributed by atoms with Gasteiger partial charge in [-0.05, 0) is 36.9 Å². The molecule has 0 aliphatic rings. The normalized spacial score (nSPS) is 12.4. The van der Waals surface area contributed by atoms with Crippen molar-refractivity contribution in [1.29, 1.82) is 0 Å². The Morgan fingerprint density at radius 3 is 1.37 bits per heavy atom. The largest absolute Gasteiger partial charge is 0.480 e. The Labute approximate surface area is 136 Å². The van der Waals surface area contributed by atoms with Gasteiger partial charge < -0.3 is 21.7 Å². The Kier molecular flexibility index (Phi) is 20.8. The van der Waals surface area contributed by atoms with E-state index in [-0.39, 0.29) is 20.4 Å². The molecule has 2 unspecified atom stereocenters. The topological polar surface area (TPSA) is 127 Å². The van der Waals surface area contributed by atoms with Gasteiger partial charge in [-0.15, -0.1) is 0 Å². The van der Waals surface area contributed by atoms with E-state index >= 15 is 0 Å². The Hall–Kier alpha value is 0.222. The number of carbonyl (C=O) groups is 2. The van der Waals surface area contributed by atoms with Gasteiger partial charge >= 0.3 is 11.9 Å². The summed E-state index contributed by atoms with van der Waals surface area (Å²) in [5, 5.41) is 16.5. The van der Waals surface area contributed by atoms with Gasteiger partial charge in [0.15, 0.2) is 0 Å². The van der Waals surface area contributed by atoms with Crippen LogP contribution in [0.3, 0.4) is 0 Å². The SMILES string of the molecule is CSCCC(N)C(=O)O.CSCCC(N)C(=O)O.[Pd]. The molecule has 0 aromatic rings. The molecule has 0 saturated carbocycles. The van der Waals surface area contributed by atoms with Gasteiger partial charge in [-0.2, -0.15) is 23.5 Å². The van der Waals surface area contributed by atoms with Crippen LogP contribution in [0.15, 0.2) is 0 Å². The molecule has 0 aromatic heterocycles. The second-order valence-electron chi connectivity index (χ2n) is 3.45. The third-order valence-corrected chi connectivity index (χ3v) is 3.19. The van der Waals surface area contributed by atoms with Gasteiger partial charge in [0.2, 0.25) is 0 Å². The third kappa shape index (κ3) is 18.2. The smallest absolute Gasteiger partial charge is 0.320 e. The summed E-state index contributed by atoms with van der Waals surface area (Å²) in [4.78, 5) is 20.1. The van der Waals surface area contributed by atoms with Gasteiger partial charge in [-0.1, -0.05) is 0 Å². The van der Waals surface area contributed by atoms with Crippen molar-refractivity contribution in [3.05, 3.63) is 0 Å². The Balaban J connectivity index is -0.000000256. The Morgan fingerprint density at radius 2 is 1.21 bits per heavy atom. The van der Waals surface area contributed by atoms with E-state index in [0.29, 0.717) is 12.8 Å². The fourth-order valence-corrected chi connectivity index (χ4v) is 1.72. The molecule has 0 rings (SSSR count). The van der Waals surface area contributed by atoms with E-state index in [9.17, 15) is 9.59 Å². The van der Waals surface area contributed by atoms with Crippen LogP contribution >= 0.6 is 23.5 Å². The van der Waals surface area contributed by atoms with Gasteiger partial charge in [-0.3, -0.25) is 9.59 Å². The first-order chi connectivity index (χ1) is 8.36. The van der Waals surface area contributed by atoms with Crippen molar-refractivity contribution in [2.45, 2.75) is 24.9 Å². The number of nitrogens with two attached hydrogens (primary N) is 2. The molecule has 0 aromatic carbocycles. The molecule has 6 N–H and O–H groups in total. The van der Waals surface area contributed by atoms with Crippen molar-refractivity contribution < 1.29 is 40.2 Å². The van der Waals surface area contributed by atoms with Crippen molar-refractivity contribution in [2.75, 3.05) is 24.0 Å². The van der Waals surface area contributed by atoms with E-state index in [1.165, 1.54) is 0 Å². The molecule has 0 spiro atoms. The number of hydrogen-bond acceptors (Lipinski definition) is 6. The molecule has 0 fully saturated rings. The van der Waals surface area contributed by atoms with Gasteiger partial charge in [-0.25, -0.2) is 0 Å². The van der Waals surface area contributed by atoms with Crippen LogP contribution in [0.2, 0.25) is 0 Å². The summed E-state index contributed by atoms with van der Waals surface area (Å²) in [6.45, 7) is 0. The summed E-state index contributed by atoms with van der Waals surface area (Å²) in [6.07, 6.45) is 4.95. The fraction of sp³-hybridized carbons (Fsp3) is 0.800. The number of rotatable bonds is 8. The molecule has 0 radical (unpaired) electrons. The maximum atomic E-state index is 10.1. The first kappa shape index (κ1) is 24.3. The van der Waals surface area contributed by atoms with Crippen LogP contribution in [-0.4, -0.2) is 58.3 Å². The standard InChI is InChI=1S/2C5H11NO2S.Pd/c2*1-9-3-2-4(6)5(7)8;/h2*4H,2-3,6H2,1H3,(H,7,8);. The molecule has 6 nitrogen and oxygen atoms in total. The second-order valence-corrected chi connectivity index (χ2v) is 5.42. The van der Waals surface area contributed by atoms with Crippen molar-refractivity contribution in [3.8, 4) is 0 Å². The summed E-state index contributed by atoms with van der Waals surface area (Å²) < 4.78 is 0. The van der Waals surface area contributed by atoms with E-state index in [0.717, 1.165) is 11.5 Å². The molecule has 0 amide bonds. The first-order valence-electron chi connectivity index (χ1n) is 5.31. The van der Waals surface area contributed by atoms with E-state index in [4.69, 9.17) is 21.7 Å². The molecule has 0 bridgehead atoms. The number of carboxylic acids is 2. The van der Waals surface area contributed by atoms with E-state index < -0.39 is 24.0 Å². The molecule has 9 heteroatoms. The average molecular weight is 405 g/mol. The van der Waals surface area contributed by atoms with Crippen molar-refractivity contribution >= 4 is 35.5 Å². The van der Waals surface area contributed by atoms with Crippen molar-refractivity contribution in [2.24, 2.45) is 11.5 Å². The van der Waals surface area contributed by atoms with Crippen LogP contribution in [0.25, 0.3) is 0 Å². The summed E-state index contributed by atoms with van der Waals surface area (Å²) in [5.41, 5.74) is 10.4. The third-order valence-electron chi connectivity index (χ3n) is 1.90. The molecule has 0 aliphatic heterocycles. The van der Waals surface area contributed by atoms with Crippen molar-refractivity contribution in [3.63, 3.8) is 0 Å². The molecule has 0 saturated heterocycles. The predicted octanol–water partition coefficient (Wildman–Crippen LogP) is 0.300. The van der Waals surface area contributed by atoms with Gasteiger partial charge in [0.25, 0.3) is 0 Å². The molecule has 0 aliphatic carbocycles. The summed E-state index contributed by atoms with van der Waals surface area (Å²) in [6, 6.07) is -1.37. The van der Waals surface area contributed by atoms with Gasteiger partial charge in [0, 0.05) is 20.4 Å². The van der Waals surface area contributed by atoms with Gasteiger partial charge in [0.1, 0.15) is 12.1 Å². The quantitative estimate of drug-likeness (QED) is 0.425. The molecular weight excluding hydrogens is 383 g/mol. The van der Waals surface area contributed by atoms with E-state index in [1.807, 2.05) is 12.5 Å². The number of carboxylic acid groups (broad SMARTS) is 2. The first-order valence-corrected chi connectivity index (χ1v) is 8.10.